The van der Waals surface area contributed by atoms with Crippen LogP contribution in [0.25, 0.3) is 0 Å². The van der Waals surface area contributed by atoms with Crippen LogP contribution in [0.4, 0.5) is 28.8 Å². The number of rotatable bonds is 4. The molecule has 4 N–H and O–H groups in total. The van der Waals surface area contributed by atoms with Crippen LogP contribution in [0.3, 0.4) is 0 Å². The molecule has 0 saturated heterocycles. The third-order valence-corrected chi connectivity index (χ3v) is 3.08. The maximum Gasteiger partial charge on any atom is 0.160 e. The Morgan fingerprint density at radius 2 is 1.73 bits per heavy atom. The number of pyridine rings is 1. The minimum absolute atomic E-state index is 0.439. The Kier molecular flexibility index (Phi) is 3.82. The molecule has 0 unspecified atom stereocenters. The van der Waals surface area contributed by atoms with Crippen molar-refractivity contribution in [1.29, 1.82) is 0 Å². The van der Waals surface area contributed by atoms with Gasteiger partial charge < -0.3 is 16.4 Å². The second-order valence-corrected chi connectivity index (χ2v) is 4.82. The quantitative estimate of drug-likeness (QED) is 0.684. The molecule has 3 rings (SSSR count). The second-order valence-electron chi connectivity index (χ2n) is 4.82. The van der Waals surface area contributed by atoms with Gasteiger partial charge in [-0.3, -0.25) is 0 Å². The maximum absolute atomic E-state index is 6.14. The summed E-state index contributed by atoms with van der Waals surface area (Å²) >= 11 is 0. The van der Waals surface area contributed by atoms with Gasteiger partial charge in [0.1, 0.15) is 17.8 Å². The average Bonchev–Trinajstić information content (AvgIpc) is 2.52. The number of anilines is 5. The predicted molar refractivity (Wildman–Crippen MR) is 88.4 cm³/mol. The Balaban J connectivity index is 1.86. The molecule has 0 amide bonds. The Morgan fingerprint density at radius 1 is 0.909 bits per heavy atom. The molecule has 110 valence electrons. The topological polar surface area (TPSA) is 88.8 Å². The van der Waals surface area contributed by atoms with Crippen LogP contribution in [0.15, 0.2) is 55.0 Å². The summed E-state index contributed by atoms with van der Waals surface area (Å²) in [5.41, 5.74) is 8.66. The van der Waals surface area contributed by atoms with E-state index in [-0.39, 0.29) is 0 Å². The Labute approximate surface area is 128 Å². The molecule has 22 heavy (non-hydrogen) atoms. The van der Waals surface area contributed by atoms with E-state index in [1.54, 1.807) is 6.20 Å². The van der Waals surface area contributed by atoms with Crippen molar-refractivity contribution >= 4 is 28.8 Å². The molecule has 1 aromatic carbocycles. The number of benzene rings is 1. The van der Waals surface area contributed by atoms with E-state index in [2.05, 4.69) is 25.6 Å². The van der Waals surface area contributed by atoms with Gasteiger partial charge in [-0.25, -0.2) is 15.0 Å². The van der Waals surface area contributed by atoms with Gasteiger partial charge in [-0.2, -0.15) is 0 Å². The van der Waals surface area contributed by atoms with E-state index in [1.807, 2.05) is 49.4 Å². The van der Waals surface area contributed by atoms with Crippen molar-refractivity contribution in [3.63, 3.8) is 0 Å². The van der Waals surface area contributed by atoms with Crippen LogP contribution >= 0.6 is 0 Å². The summed E-state index contributed by atoms with van der Waals surface area (Å²) in [7, 11) is 0. The van der Waals surface area contributed by atoms with Crippen LogP contribution in [0.2, 0.25) is 0 Å². The van der Waals surface area contributed by atoms with Crippen molar-refractivity contribution in [3.8, 4) is 0 Å². The normalized spacial score (nSPS) is 10.2. The van der Waals surface area contributed by atoms with Gasteiger partial charge in [0, 0.05) is 11.9 Å². The second kappa shape index (κ2) is 6.09. The van der Waals surface area contributed by atoms with Gasteiger partial charge in [-0.1, -0.05) is 18.2 Å². The van der Waals surface area contributed by atoms with Crippen molar-refractivity contribution in [2.75, 3.05) is 16.4 Å². The molecule has 6 nitrogen and oxygen atoms in total. The predicted octanol–water partition coefficient (Wildman–Crippen LogP) is 3.25. The molecule has 0 aliphatic rings. The number of hydrogen-bond acceptors (Lipinski definition) is 6. The smallest absolute Gasteiger partial charge is 0.160 e. The first kappa shape index (κ1) is 13.8. The van der Waals surface area contributed by atoms with Crippen LogP contribution in [-0.4, -0.2) is 15.0 Å². The first-order chi connectivity index (χ1) is 10.7. The van der Waals surface area contributed by atoms with E-state index in [0.717, 1.165) is 11.3 Å². The van der Waals surface area contributed by atoms with Gasteiger partial charge in [0.15, 0.2) is 11.6 Å². The fraction of sp³-hybridized carbons (Fsp3) is 0.0625. The van der Waals surface area contributed by atoms with Crippen LogP contribution in [0.1, 0.15) is 5.56 Å². The van der Waals surface area contributed by atoms with Crippen LogP contribution in [0.5, 0.6) is 0 Å². The molecule has 2 aromatic heterocycles. The zero-order valence-electron chi connectivity index (χ0n) is 12.1. The summed E-state index contributed by atoms with van der Waals surface area (Å²) in [6.45, 7) is 2.03. The van der Waals surface area contributed by atoms with E-state index in [9.17, 15) is 0 Å². The summed E-state index contributed by atoms with van der Waals surface area (Å²) in [6, 6.07) is 13.6. The SMILES string of the molecule is Cc1cccc(Nc2ncnc(Nc3ccccn3)c2N)c1. The lowest BCUT2D eigenvalue weighted by atomic mass is 10.2. The molecule has 0 radical (unpaired) electrons. The highest BCUT2D eigenvalue weighted by Crippen LogP contribution is 2.27. The first-order valence-corrected chi connectivity index (χ1v) is 6.84. The van der Waals surface area contributed by atoms with E-state index in [0.29, 0.717) is 23.1 Å². The third-order valence-electron chi connectivity index (χ3n) is 3.08. The molecule has 0 atom stereocenters. The van der Waals surface area contributed by atoms with E-state index in [4.69, 9.17) is 5.73 Å². The summed E-state index contributed by atoms with van der Waals surface area (Å²) in [4.78, 5) is 12.6. The zero-order chi connectivity index (χ0) is 15.4. The fourth-order valence-corrected chi connectivity index (χ4v) is 2.01. The Hall–Kier alpha value is -3.15. The van der Waals surface area contributed by atoms with Gasteiger partial charge >= 0.3 is 0 Å². The van der Waals surface area contributed by atoms with Crippen molar-refractivity contribution < 1.29 is 0 Å². The van der Waals surface area contributed by atoms with Crippen molar-refractivity contribution in [2.45, 2.75) is 6.92 Å². The van der Waals surface area contributed by atoms with Crippen molar-refractivity contribution in [1.82, 2.24) is 15.0 Å². The minimum atomic E-state index is 0.439. The van der Waals surface area contributed by atoms with E-state index in [1.165, 1.54) is 6.33 Å². The minimum Gasteiger partial charge on any atom is -0.393 e. The number of nitrogens with one attached hydrogen (secondary N) is 2. The number of aryl methyl sites for hydroxylation is 1. The highest BCUT2D eigenvalue weighted by molar-refractivity contribution is 5.79. The standard InChI is InChI=1S/C16H16N6/c1-11-5-4-6-12(9-11)21-15-14(17)16(20-10-19-15)22-13-7-2-3-8-18-13/h2-10H,17H2,1H3,(H2,18,19,20,21,22). The first-order valence-electron chi connectivity index (χ1n) is 6.84. The molecule has 0 fully saturated rings. The zero-order valence-corrected chi connectivity index (χ0v) is 12.1. The molecule has 6 heteroatoms. The number of nitrogens with zero attached hydrogens (tertiary/aromatic N) is 3. The summed E-state index contributed by atoms with van der Waals surface area (Å²) < 4.78 is 0. The summed E-state index contributed by atoms with van der Waals surface area (Å²) in [5, 5.41) is 6.29. The number of hydrogen-bond donors (Lipinski definition) is 3. The fourth-order valence-electron chi connectivity index (χ4n) is 2.01. The molecule has 0 aliphatic carbocycles. The average molecular weight is 292 g/mol. The molecule has 0 bridgehead atoms. The Bertz CT molecular complexity index is 773. The molecule has 3 aromatic rings. The van der Waals surface area contributed by atoms with Gasteiger partial charge in [0.05, 0.1) is 0 Å². The maximum atomic E-state index is 6.14. The molecule has 0 saturated carbocycles. The summed E-state index contributed by atoms with van der Waals surface area (Å²) in [6.07, 6.45) is 3.16. The lowest BCUT2D eigenvalue weighted by Gasteiger charge is -2.12. The van der Waals surface area contributed by atoms with Crippen molar-refractivity contribution in [3.05, 3.63) is 60.6 Å². The Morgan fingerprint density at radius 3 is 2.45 bits per heavy atom. The van der Waals surface area contributed by atoms with Crippen LogP contribution in [0, 0.1) is 6.92 Å². The lowest BCUT2D eigenvalue weighted by Crippen LogP contribution is -2.05. The molecular formula is C16H16N6. The molecule has 0 aliphatic heterocycles. The number of aromatic nitrogens is 3. The van der Waals surface area contributed by atoms with Gasteiger partial charge in [0.2, 0.25) is 0 Å². The van der Waals surface area contributed by atoms with Crippen LogP contribution < -0.4 is 16.4 Å². The number of nitrogens with two attached hydrogens (primary N) is 1. The third kappa shape index (κ3) is 3.12. The highest BCUT2D eigenvalue weighted by Gasteiger charge is 2.09. The lowest BCUT2D eigenvalue weighted by molar-refractivity contribution is 1.16. The molecule has 0 spiro atoms. The van der Waals surface area contributed by atoms with Gasteiger partial charge in [-0.05, 0) is 36.8 Å². The largest absolute Gasteiger partial charge is 0.393 e. The van der Waals surface area contributed by atoms with Crippen LogP contribution in [-0.2, 0) is 0 Å². The molecular weight excluding hydrogens is 276 g/mol. The van der Waals surface area contributed by atoms with E-state index >= 15 is 0 Å². The van der Waals surface area contributed by atoms with Crippen molar-refractivity contribution in [2.24, 2.45) is 0 Å². The van der Waals surface area contributed by atoms with E-state index < -0.39 is 0 Å². The number of nitrogen functional groups attached to an aromatic ring is 1. The highest BCUT2D eigenvalue weighted by atomic mass is 15.1. The monoisotopic (exact) mass is 292 g/mol. The van der Waals surface area contributed by atoms with Gasteiger partial charge in [0.25, 0.3) is 0 Å². The van der Waals surface area contributed by atoms with Gasteiger partial charge in [-0.15, -0.1) is 0 Å². The summed E-state index contributed by atoms with van der Waals surface area (Å²) in [5.74, 6) is 1.75. The molecule has 2 heterocycles.